The van der Waals surface area contributed by atoms with E-state index in [0.29, 0.717) is 41.6 Å². The second-order valence-corrected chi connectivity index (χ2v) is 7.74. The Labute approximate surface area is 186 Å². The molecule has 0 spiro atoms. The number of aryl methyl sites for hydroxylation is 2. The molecule has 8 heteroatoms. The van der Waals surface area contributed by atoms with Gasteiger partial charge in [0.1, 0.15) is 11.8 Å². The molecule has 1 aromatic heterocycles. The van der Waals surface area contributed by atoms with Crippen LogP contribution in [0.25, 0.3) is 0 Å². The largest absolute Gasteiger partial charge is 0.497 e. The van der Waals surface area contributed by atoms with Gasteiger partial charge in [-0.1, -0.05) is 30.3 Å². The lowest BCUT2D eigenvalue weighted by Gasteiger charge is -2.29. The number of nitrogens with zero attached hydrogens (tertiary/aromatic N) is 3. The van der Waals surface area contributed by atoms with Gasteiger partial charge in [0.25, 0.3) is 5.91 Å². The number of hydrogen-bond donors (Lipinski definition) is 3. The van der Waals surface area contributed by atoms with Crippen molar-refractivity contribution in [2.75, 3.05) is 24.4 Å². The summed E-state index contributed by atoms with van der Waals surface area (Å²) in [5.41, 5.74) is 3.86. The summed E-state index contributed by atoms with van der Waals surface area (Å²) in [5, 5.41) is 20.1. The highest BCUT2D eigenvalue weighted by molar-refractivity contribution is 6.06. The molecule has 1 aliphatic heterocycles. The van der Waals surface area contributed by atoms with Crippen molar-refractivity contribution in [1.29, 1.82) is 0 Å². The van der Waals surface area contributed by atoms with E-state index < -0.39 is 6.04 Å². The first-order valence-electron chi connectivity index (χ1n) is 10.6. The molecule has 32 heavy (non-hydrogen) atoms. The number of ether oxygens (including phenoxy) is 1. The molecule has 0 fully saturated rings. The highest BCUT2D eigenvalue weighted by Crippen LogP contribution is 2.37. The number of amides is 1. The summed E-state index contributed by atoms with van der Waals surface area (Å²) in [6.45, 7) is 3.89. The number of hydrogen-bond acceptors (Lipinski definition) is 6. The number of para-hydroxylation sites is 1. The van der Waals surface area contributed by atoms with E-state index in [9.17, 15) is 9.90 Å². The van der Waals surface area contributed by atoms with Gasteiger partial charge in [-0.15, -0.1) is 0 Å². The van der Waals surface area contributed by atoms with Crippen molar-refractivity contribution < 1.29 is 14.6 Å². The summed E-state index contributed by atoms with van der Waals surface area (Å²) in [6, 6.07) is 14.8. The van der Waals surface area contributed by atoms with Gasteiger partial charge in [-0.3, -0.25) is 4.79 Å². The first kappa shape index (κ1) is 21.6. The molecule has 0 saturated carbocycles. The minimum absolute atomic E-state index is 0.0674. The smallest absolute Gasteiger partial charge is 0.255 e. The second kappa shape index (κ2) is 9.23. The number of allylic oxidation sites excluding steroid dienone is 1. The highest BCUT2D eigenvalue weighted by atomic mass is 16.5. The Morgan fingerprint density at radius 1 is 1.22 bits per heavy atom. The third-order valence-corrected chi connectivity index (χ3v) is 5.50. The predicted molar refractivity (Wildman–Crippen MR) is 123 cm³/mol. The van der Waals surface area contributed by atoms with Crippen LogP contribution in [0.3, 0.4) is 0 Å². The molecule has 8 nitrogen and oxygen atoms in total. The third-order valence-electron chi connectivity index (χ3n) is 5.50. The van der Waals surface area contributed by atoms with Crippen LogP contribution in [-0.4, -0.2) is 39.5 Å². The van der Waals surface area contributed by atoms with Crippen molar-refractivity contribution in [1.82, 2.24) is 14.8 Å². The van der Waals surface area contributed by atoms with E-state index in [1.165, 1.54) is 0 Å². The zero-order chi connectivity index (χ0) is 22.7. The van der Waals surface area contributed by atoms with Crippen LogP contribution in [0.5, 0.6) is 5.75 Å². The van der Waals surface area contributed by atoms with Crippen molar-refractivity contribution in [2.24, 2.45) is 0 Å². The van der Waals surface area contributed by atoms with Gasteiger partial charge in [0, 0.05) is 24.4 Å². The second-order valence-electron chi connectivity index (χ2n) is 7.74. The van der Waals surface area contributed by atoms with Crippen molar-refractivity contribution in [3.8, 4) is 5.75 Å². The highest BCUT2D eigenvalue weighted by Gasteiger charge is 2.34. The molecule has 3 N–H and O–H groups in total. The van der Waals surface area contributed by atoms with Crippen LogP contribution in [0.2, 0.25) is 0 Å². The van der Waals surface area contributed by atoms with E-state index in [0.717, 1.165) is 16.8 Å². The fourth-order valence-corrected chi connectivity index (χ4v) is 3.86. The molecular formula is C24H27N5O3. The number of carbonyl (C=O) groups is 1. The number of benzene rings is 2. The molecule has 166 valence electrons. The molecule has 0 unspecified atom stereocenters. The van der Waals surface area contributed by atoms with Crippen LogP contribution in [0.1, 0.15) is 36.3 Å². The standard InChI is InChI=1S/C24H27N5O3/c1-15-8-4-5-11-19(15)26-23(31)21-16(2)25-24-27-20(12-7-13-30)28-29(24)22(21)17-9-6-10-18(14-17)32-3/h4-6,8-11,14,22,30H,7,12-13H2,1-3H3,(H,26,31)(H,25,27,28)/t22-/m0/s1. The first-order chi connectivity index (χ1) is 15.5. The summed E-state index contributed by atoms with van der Waals surface area (Å²) in [4.78, 5) is 18.1. The molecule has 0 aliphatic carbocycles. The zero-order valence-electron chi connectivity index (χ0n) is 18.4. The lowest BCUT2D eigenvalue weighted by atomic mass is 9.94. The van der Waals surface area contributed by atoms with Crippen LogP contribution in [-0.2, 0) is 11.2 Å². The molecule has 0 saturated heterocycles. The Morgan fingerprint density at radius 3 is 2.78 bits per heavy atom. The number of carbonyl (C=O) groups excluding carboxylic acids is 1. The average Bonchev–Trinajstić information content (AvgIpc) is 3.20. The SMILES string of the molecule is COc1cccc([C@H]2C(C(=O)Nc3ccccc3C)=C(C)Nc3nc(CCCO)nn32)c1. The number of anilines is 2. The average molecular weight is 434 g/mol. The van der Waals surface area contributed by atoms with Gasteiger partial charge in [-0.05, 0) is 49.6 Å². The summed E-state index contributed by atoms with van der Waals surface area (Å²) >= 11 is 0. The molecule has 4 rings (SSSR count). The molecule has 0 radical (unpaired) electrons. The van der Waals surface area contributed by atoms with Gasteiger partial charge in [0.05, 0.1) is 12.7 Å². The van der Waals surface area contributed by atoms with Crippen molar-refractivity contribution in [3.63, 3.8) is 0 Å². The van der Waals surface area contributed by atoms with Crippen LogP contribution in [0, 0.1) is 6.92 Å². The van der Waals surface area contributed by atoms with Gasteiger partial charge < -0.3 is 20.5 Å². The van der Waals surface area contributed by atoms with Gasteiger partial charge in [0.15, 0.2) is 5.82 Å². The Kier molecular flexibility index (Phi) is 6.23. The van der Waals surface area contributed by atoms with Crippen molar-refractivity contribution in [2.45, 2.75) is 32.7 Å². The Hall–Kier alpha value is -3.65. The van der Waals surface area contributed by atoms with E-state index in [2.05, 4.69) is 20.7 Å². The summed E-state index contributed by atoms with van der Waals surface area (Å²) in [6.07, 6.45) is 1.12. The summed E-state index contributed by atoms with van der Waals surface area (Å²) in [7, 11) is 1.61. The number of nitrogens with one attached hydrogen (secondary N) is 2. The van der Waals surface area contributed by atoms with Gasteiger partial charge >= 0.3 is 0 Å². The fraction of sp³-hybridized carbons (Fsp3) is 0.292. The van der Waals surface area contributed by atoms with Crippen LogP contribution < -0.4 is 15.4 Å². The van der Waals surface area contributed by atoms with Gasteiger partial charge in [0.2, 0.25) is 5.95 Å². The van der Waals surface area contributed by atoms with Crippen LogP contribution >= 0.6 is 0 Å². The monoisotopic (exact) mass is 433 g/mol. The molecule has 1 atom stereocenters. The zero-order valence-corrected chi connectivity index (χ0v) is 18.4. The minimum atomic E-state index is -0.485. The summed E-state index contributed by atoms with van der Waals surface area (Å²) < 4.78 is 7.16. The molecule has 0 bridgehead atoms. The van der Waals surface area contributed by atoms with Gasteiger partial charge in [-0.25, -0.2) is 4.68 Å². The molecule has 2 heterocycles. The molecule has 3 aromatic rings. The quantitative estimate of drug-likeness (QED) is 0.528. The fourth-order valence-electron chi connectivity index (χ4n) is 3.86. The lowest BCUT2D eigenvalue weighted by Crippen LogP contribution is -2.31. The summed E-state index contributed by atoms with van der Waals surface area (Å²) in [5.74, 6) is 1.66. The van der Waals surface area contributed by atoms with Crippen molar-refractivity contribution >= 4 is 17.5 Å². The van der Waals surface area contributed by atoms with Crippen LogP contribution in [0.4, 0.5) is 11.6 Å². The van der Waals surface area contributed by atoms with E-state index in [4.69, 9.17) is 4.74 Å². The maximum atomic E-state index is 13.5. The Bertz CT molecular complexity index is 1170. The maximum absolute atomic E-state index is 13.5. The van der Waals surface area contributed by atoms with E-state index >= 15 is 0 Å². The number of rotatable bonds is 7. The first-order valence-corrected chi connectivity index (χ1v) is 10.6. The van der Waals surface area contributed by atoms with E-state index in [-0.39, 0.29) is 12.5 Å². The Morgan fingerprint density at radius 2 is 2.03 bits per heavy atom. The topological polar surface area (TPSA) is 101 Å². The number of methoxy groups -OCH3 is 1. The normalized spacial score (nSPS) is 15.2. The molecule has 1 amide bonds. The predicted octanol–water partition coefficient (Wildman–Crippen LogP) is 3.45. The minimum Gasteiger partial charge on any atom is -0.497 e. The van der Waals surface area contributed by atoms with Crippen molar-refractivity contribution in [3.05, 3.63) is 76.8 Å². The van der Waals surface area contributed by atoms with E-state index in [1.807, 2.05) is 62.4 Å². The van der Waals surface area contributed by atoms with E-state index in [1.54, 1.807) is 11.8 Å². The molecule has 2 aromatic carbocycles. The third kappa shape index (κ3) is 4.22. The molecule has 1 aliphatic rings. The van der Waals surface area contributed by atoms with Gasteiger partial charge in [-0.2, -0.15) is 10.1 Å². The number of aromatic nitrogens is 3. The maximum Gasteiger partial charge on any atom is 0.255 e. The lowest BCUT2D eigenvalue weighted by molar-refractivity contribution is -0.113. The number of aliphatic hydroxyl groups is 1. The molecular weight excluding hydrogens is 406 g/mol. The number of aliphatic hydroxyl groups excluding tert-OH is 1. The Balaban J connectivity index is 1.78. The van der Waals surface area contributed by atoms with Crippen LogP contribution in [0.15, 0.2) is 59.8 Å². The number of fused-ring (bicyclic) bond motifs is 1.